The van der Waals surface area contributed by atoms with Crippen LogP contribution in [0.5, 0.6) is 5.75 Å². The van der Waals surface area contributed by atoms with Crippen molar-refractivity contribution in [2.45, 2.75) is 64.3 Å². The van der Waals surface area contributed by atoms with Crippen molar-refractivity contribution in [1.29, 1.82) is 0 Å². The maximum absolute atomic E-state index is 13.3. The van der Waals surface area contributed by atoms with E-state index in [1.54, 1.807) is 31.2 Å². The lowest BCUT2D eigenvalue weighted by molar-refractivity contribution is -0.152. The number of carboxylic acid groups (broad SMARTS) is 1. The summed E-state index contributed by atoms with van der Waals surface area (Å²) in [5.41, 5.74) is -0.826. The van der Waals surface area contributed by atoms with Gasteiger partial charge in [-0.05, 0) is 82.3 Å². The van der Waals surface area contributed by atoms with Gasteiger partial charge < -0.3 is 20.1 Å². The minimum atomic E-state index is -4.54. The molecule has 35 heavy (non-hydrogen) atoms. The maximum atomic E-state index is 13.3. The zero-order valence-corrected chi connectivity index (χ0v) is 20.1. The van der Waals surface area contributed by atoms with Crippen LogP contribution in [0.15, 0.2) is 42.5 Å². The molecular weight excluding hydrogens is 461 g/mol. The van der Waals surface area contributed by atoms with E-state index in [1.165, 1.54) is 19.9 Å². The van der Waals surface area contributed by atoms with Crippen LogP contribution in [-0.4, -0.2) is 41.7 Å². The fourth-order valence-corrected chi connectivity index (χ4v) is 4.04. The Labute approximate surface area is 203 Å². The molecule has 0 radical (unpaired) electrons. The minimum absolute atomic E-state index is 0.0215. The first-order chi connectivity index (χ1) is 16.4. The summed E-state index contributed by atoms with van der Waals surface area (Å²) < 4.78 is 45.5. The molecule has 1 amide bonds. The average molecular weight is 493 g/mol. The van der Waals surface area contributed by atoms with Gasteiger partial charge in [0.2, 0.25) is 0 Å². The van der Waals surface area contributed by atoms with Crippen LogP contribution in [0.3, 0.4) is 0 Å². The Hall–Kier alpha value is -3.23. The second-order valence-electron chi connectivity index (χ2n) is 9.42. The topological polar surface area (TPSA) is 78.9 Å². The number of nitrogens with one attached hydrogen (secondary N) is 1. The molecule has 6 nitrogen and oxygen atoms in total. The van der Waals surface area contributed by atoms with Crippen LogP contribution in [0, 0.1) is 0 Å². The number of anilines is 1. The van der Waals surface area contributed by atoms with Crippen LogP contribution in [0.25, 0.3) is 0 Å². The molecule has 1 aliphatic heterocycles. The predicted molar refractivity (Wildman–Crippen MR) is 127 cm³/mol. The number of aliphatic carboxylic acids is 1. The highest BCUT2D eigenvalue weighted by molar-refractivity contribution is 6.00. The van der Waals surface area contributed by atoms with E-state index in [0.717, 1.165) is 37.0 Å². The Balaban J connectivity index is 1.72. The molecule has 3 rings (SSSR count). The third-order valence-electron chi connectivity index (χ3n) is 6.00. The van der Waals surface area contributed by atoms with Crippen molar-refractivity contribution in [3.05, 3.63) is 59.2 Å². The first kappa shape index (κ1) is 26.4. The van der Waals surface area contributed by atoms with Gasteiger partial charge in [-0.15, -0.1) is 0 Å². The van der Waals surface area contributed by atoms with Crippen LogP contribution in [0.2, 0.25) is 0 Å². The van der Waals surface area contributed by atoms with Crippen LogP contribution < -0.4 is 15.0 Å². The zero-order chi connectivity index (χ0) is 25.8. The number of amides is 1. The van der Waals surface area contributed by atoms with Gasteiger partial charge in [-0.1, -0.05) is 12.1 Å². The lowest BCUT2D eigenvalue weighted by Gasteiger charge is -2.31. The smallest absolute Gasteiger partial charge is 0.416 e. The van der Waals surface area contributed by atoms with Crippen LogP contribution in [0.4, 0.5) is 18.9 Å². The Morgan fingerprint density at radius 2 is 1.69 bits per heavy atom. The molecule has 1 heterocycles. The number of alkyl halides is 3. The lowest BCUT2D eigenvalue weighted by atomic mass is 10.0. The SMILES string of the molecule is CC(Cc1ccc(OC(C)(C)C(=O)O)cc1)NC(=O)c1cc(C(F)(F)F)ccc1N1CCCCC1. The highest BCUT2D eigenvalue weighted by Gasteiger charge is 2.33. The van der Waals surface area contributed by atoms with Gasteiger partial charge in [0.05, 0.1) is 11.1 Å². The van der Waals surface area contributed by atoms with E-state index in [9.17, 15) is 27.9 Å². The highest BCUT2D eigenvalue weighted by Crippen LogP contribution is 2.34. The van der Waals surface area contributed by atoms with E-state index in [0.29, 0.717) is 30.9 Å². The van der Waals surface area contributed by atoms with Crippen LogP contribution >= 0.6 is 0 Å². The monoisotopic (exact) mass is 492 g/mol. The number of piperidine rings is 1. The molecule has 1 saturated heterocycles. The number of carbonyl (C=O) groups is 2. The Kier molecular flexibility index (Phi) is 7.97. The number of benzene rings is 2. The van der Waals surface area contributed by atoms with Gasteiger partial charge in [0.15, 0.2) is 5.60 Å². The summed E-state index contributed by atoms with van der Waals surface area (Å²) in [5.74, 6) is -1.24. The average Bonchev–Trinajstić information content (AvgIpc) is 2.79. The first-order valence-electron chi connectivity index (χ1n) is 11.7. The molecule has 0 saturated carbocycles. The fourth-order valence-electron chi connectivity index (χ4n) is 4.04. The van der Waals surface area contributed by atoms with Gasteiger partial charge in [-0.3, -0.25) is 4.79 Å². The molecular formula is C26H31F3N2O4. The molecule has 1 atom stereocenters. The molecule has 2 aromatic rings. The minimum Gasteiger partial charge on any atom is -0.478 e. The molecule has 0 aliphatic carbocycles. The van der Waals surface area contributed by atoms with Gasteiger partial charge in [-0.2, -0.15) is 13.2 Å². The Morgan fingerprint density at radius 3 is 2.26 bits per heavy atom. The molecule has 0 spiro atoms. The van der Waals surface area contributed by atoms with Crippen molar-refractivity contribution in [3.63, 3.8) is 0 Å². The highest BCUT2D eigenvalue weighted by atomic mass is 19.4. The van der Waals surface area contributed by atoms with E-state index in [2.05, 4.69) is 5.32 Å². The van der Waals surface area contributed by atoms with E-state index >= 15 is 0 Å². The first-order valence-corrected chi connectivity index (χ1v) is 11.7. The second-order valence-corrected chi connectivity index (χ2v) is 9.42. The van der Waals surface area contributed by atoms with Crippen molar-refractivity contribution >= 4 is 17.6 Å². The normalized spacial score (nSPS) is 15.4. The predicted octanol–water partition coefficient (Wildman–Crippen LogP) is 5.30. The summed E-state index contributed by atoms with van der Waals surface area (Å²) in [7, 11) is 0. The quantitative estimate of drug-likeness (QED) is 0.523. The summed E-state index contributed by atoms with van der Waals surface area (Å²) in [6.45, 7) is 6.09. The standard InChI is InChI=1S/C26H31F3N2O4/c1-17(15-18-7-10-20(11-8-18)35-25(2,3)24(33)34)30-23(32)21-16-19(26(27,28)29)9-12-22(21)31-13-5-4-6-14-31/h7-12,16-17H,4-6,13-15H2,1-3H3,(H,30,32)(H,33,34). The molecule has 0 bridgehead atoms. The largest absolute Gasteiger partial charge is 0.478 e. The molecule has 2 N–H and O–H groups in total. The van der Waals surface area contributed by atoms with Crippen molar-refractivity contribution < 1.29 is 32.6 Å². The van der Waals surface area contributed by atoms with Crippen molar-refractivity contribution in [2.24, 2.45) is 0 Å². The Morgan fingerprint density at radius 1 is 1.06 bits per heavy atom. The van der Waals surface area contributed by atoms with Crippen molar-refractivity contribution in [3.8, 4) is 5.75 Å². The number of halogens is 3. The zero-order valence-electron chi connectivity index (χ0n) is 20.1. The fraction of sp³-hybridized carbons (Fsp3) is 0.462. The second kappa shape index (κ2) is 10.6. The lowest BCUT2D eigenvalue weighted by Crippen LogP contribution is -2.38. The number of ether oxygens (including phenoxy) is 1. The summed E-state index contributed by atoms with van der Waals surface area (Å²) >= 11 is 0. The summed E-state index contributed by atoms with van der Waals surface area (Å²) in [6.07, 6.45) is -1.18. The van der Waals surface area contributed by atoms with Crippen LogP contribution in [0.1, 0.15) is 61.5 Å². The third-order valence-corrected chi connectivity index (χ3v) is 6.00. The van der Waals surface area contributed by atoms with E-state index in [1.807, 2.05) is 4.90 Å². The molecule has 190 valence electrons. The summed E-state index contributed by atoms with van der Waals surface area (Å²) in [4.78, 5) is 26.3. The molecule has 0 aromatic heterocycles. The maximum Gasteiger partial charge on any atom is 0.416 e. The van der Waals surface area contributed by atoms with Gasteiger partial charge in [-0.25, -0.2) is 4.79 Å². The van der Waals surface area contributed by atoms with Gasteiger partial charge in [0, 0.05) is 24.8 Å². The third kappa shape index (κ3) is 6.90. The molecule has 2 aromatic carbocycles. The number of hydrogen-bond donors (Lipinski definition) is 2. The van der Waals surface area contributed by atoms with Gasteiger partial charge >= 0.3 is 12.1 Å². The Bertz CT molecular complexity index is 1050. The number of rotatable bonds is 8. The van der Waals surface area contributed by atoms with E-state index in [4.69, 9.17) is 4.74 Å². The van der Waals surface area contributed by atoms with E-state index < -0.39 is 29.2 Å². The van der Waals surface area contributed by atoms with Gasteiger partial charge in [0.25, 0.3) is 5.91 Å². The molecule has 9 heteroatoms. The van der Waals surface area contributed by atoms with Gasteiger partial charge in [0.1, 0.15) is 5.75 Å². The molecule has 1 fully saturated rings. The van der Waals surface area contributed by atoms with Crippen molar-refractivity contribution in [1.82, 2.24) is 5.32 Å². The molecule has 1 aliphatic rings. The summed E-state index contributed by atoms with van der Waals surface area (Å²) in [6, 6.07) is 9.82. The number of carbonyl (C=O) groups excluding carboxylic acids is 1. The number of hydrogen-bond acceptors (Lipinski definition) is 4. The summed E-state index contributed by atoms with van der Waals surface area (Å²) in [5, 5.41) is 12.0. The number of carboxylic acids is 1. The van der Waals surface area contributed by atoms with Crippen molar-refractivity contribution in [2.75, 3.05) is 18.0 Å². The number of nitrogens with zero attached hydrogens (tertiary/aromatic N) is 1. The molecule has 1 unspecified atom stereocenters. The van der Waals surface area contributed by atoms with Crippen LogP contribution in [-0.2, 0) is 17.4 Å². The van der Waals surface area contributed by atoms with E-state index in [-0.39, 0.29) is 11.6 Å².